The Morgan fingerprint density at radius 3 is 2.96 bits per heavy atom. The minimum atomic E-state index is -0.297. The van der Waals surface area contributed by atoms with E-state index in [1.54, 1.807) is 12.1 Å². The molecule has 3 N–H and O–H groups in total. The number of aryl methyl sites for hydroxylation is 1. The van der Waals surface area contributed by atoms with Crippen molar-refractivity contribution < 1.29 is 9.59 Å². The number of fused-ring (bicyclic) bond motifs is 1. The lowest BCUT2D eigenvalue weighted by Gasteiger charge is -2.24. The quantitative estimate of drug-likeness (QED) is 0.585. The summed E-state index contributed by atoms with van der Waals surface area (Å²) in [4.78, 5) is 23.6. The predicted octanol–water partition coefficient (Wildman–Crippen LogP) is 3.11. The van der Waals surface area contributed by atoms with Gasteiger partial charge in [-0.2, -0.15) is 5.10 Å². The van der Waals surface area contributed by atoms with Gasteiger partial charge in [-0.15, -0.1) is 0 Å². The number of carbonyl (C=O) groups excluding carboxylic acids is 2. The van der Waals surface area contributed by atoms with Crippen LogP contribution < -0.4 is 16.0 Å². The van der Waals surface area contributed by atoms with Crippen LogP contribution >= 0.6 is 27.5 Å². The molecule has 9 heteroatoms. The molecule has 1 atom stereocenters. The van der Waals surface area contributed by atoms with E-state index in [0.29, 0.717) is 29.5 Å². The van der Waals surface area contributed by atoms with Crippen LogP contribution in [0.5, 0.6) is 0 Å². The first-order valence-electron chi connectivity index (χ1n) is 8.76. The number of nitrogens with zero attached hydrogens (tertiary/aromatic N) is 2. The van der Waals surface area contributed by atoms with E-state index in [1.165, 1.54) is 6.92 Å². The van der Waals surface area contributed by atoms with Crippen LogP contribution in [0.4, 0.5) is 5.69 Å². The second kappa shape index (κ2) is 8.86. The van der Waals surface area contributed by atoms with Gasteiger partial charge in [0.25, 0.3) is 5.91 Å². The number of hydrogen-bond donors (Lipinski definition) is 3. The summed E-state index contributed by atoms with van der Waals surface area (Å²) in [5, 5.41) is 13.9. The Labute approximate surface area is 171 Å². The minimum absolute atomic E-state index is 0.0457. The Kier molecular flexibility index (Phi) is 6.51. The zero-order chi connectivity index (χ0) is 19.4. The van der Waals surface area contributed by atoms with Crippen molar-refractivity contribution in [1.82, 2.24) is 20.4 Å². The molecule has 2 aromatic rings. The fraction of sp³-hybridized carbons (Fsp3) is 0.389. The van der Waals surface area contributed by atoms with Crippen LogP contribution in [-0.2, 0) is 11.3 Å². The van der Waals surface area contributed by atoms with Gasteiger partial charge in [0.05, 0.1) is 16.4 Å². The number of rotatable bonds is 6. The van der Waals surface area contributed by atoms with Gasteiger partial charge >= 0.3 is 0 Å². The van der Waals surface area contributed by atoms with Crippen LogP contribution in [0.15, 0.2) is 28.7 Å². The number of benzene rings is 1. The summed E-state index contributed by atoms with van der Waals surface area (Å²) in [6.45, 7) is 3.50. The number of anilines is 1. The Bertz CT molecular complexity index is 854. The summed E-state index contributed by atoms with van der Waals surface area (Å²) in [6.07, 6.45) is 1.94. The van der Waals surface area contributed by atoms with Crippen molar-refractivity contribution in [3.63, 3.8) is 0 Å². The lowest BCUT2D eigenvalue weighted by molar-refractivity contribution is -0.118. The van der Waals surface area contributed by atoms with Crippen LogP contribution in [-0.4, -0.2) is 34.7 Å². The van der Waals surface area contributed by atoms with Gasteiger partial charge in [0.2, 0.25) is 5.91 Å². The Morgan fingerprint density at radius 2 is 2.19 bits per heavy atom. The third-order valence-electron chi connectivity index (χ3n) is 4.35. The Balaban J connectivity index is 1.69. The van der Waals surface area contributed by atoms with Crippen LogP contribution in [0, 0.1) is 0 Å². The van der Waals surface area contributed by atoms with Crippen molar-refractivity contribution in [1.29, 1.82) is 0 Å². The zero-order valence-electron chi connectivity index (χ0n) is 14.9. The van der Waals surface area contributed by atoms with E-state index in [0.717, 1.165) is 29.6 Å². The van der Waals surface area contributed by atoms with E-state index >= 15 is 0 Å². The Hall–Kier alpha value is -1.90. The van der Waals surface area contributed by atoms with Crippen LogP contribution in [0.3, 0.4) is 0 Å². The molecule has 1 aliphatic rings. The molecule has 7 nitrogen and oxygen atoms in total. The normalized spacial score (nSPS) is 15.9. The highest BCUT2D eigenvalue weighted by atomic mass is 79.9. The topological polar surface area (TPSA) is 88.1 Å². The second-order valence-electron chi connectivity index (χ2n) is 6.36. The summed E-state index contributed by atoms with van der Waals surface area (Å²) >= 11 is 9.56. The van der Waals surface area contributed by atoms with Gasteiger partial charge in [0.15, 0.2) is 5.69 Å². The van der Waals surface area contributed by atoms with Gasteiger partial charge in [-0.3, -0.25) is 14.3 Å². The fourth-order valence-electron chi connectivity index (χ4n) is 3.07. The smallest absolute Gasteiger partial charge is 0.276 e. The summed E-state index contributed by atoms with van der Waals surface area (Å²) < 4.78 is 2.59. The lowest BCUT2D eigenvalue weighted by Crippen LogP contribution is -2.34. The first-order chi connectivity index (χ1) is 13.0. The highest BCUT2D eigenvalue weighted by molar-refractivity contribution is 9.10. The molecule has 2 heterocycles. The zero-order valence-corrected chi connectivity index (χ0v) is 17.2. The summed E-state index contributed by atoms with van der Waals surface area (Å²) in [7, 11) is 0. The van der Waals surface area contributed by atoms with E-state index in [2.05, 4.69) is 37.0 Å². The summed E-state index contributed by atoms with van der Waals surface area (Å²) in [5.74, 6) is -0.343. The minimum Gasteiger partial charge on any atom is -0.355 e. The van der Waals surface area contributed by atoms with Crippen molar-refractivity contribution in [3.05, 3.63) is 45.1 Å². The van der Waals surface area contributed by atoms with Crippen molar-refractivity contribution in [2.45, 2.75) is 32.4 Å². The molecule has 0 saturated carbocycles. The standard InChI is InChI=1S/C18H21BrClN5O2/c1-11(26)21-7-8-22-13-6-3-9-25-16(13)10-15(24-25)18(27)23-14-5-2-4-12(19)17(14)20/h2,4-5,10,13,22H,3,6-9H2,1H3,(H,21,26)(H,23,27)/t13-/m0/s1. The molecule has 0 aliphatic carbocycles. The van der Waals surface area contributed by atoms with E-state index in [-0.39, 0.29) is 17.9 Å². The number of carbonyl (C=O) groups is 2. The molecule has 2 amide bonds. The van der Waals surface area contributed by atoms with Gasteiger partial charge in [-0.1, -0.05) is 17.7 Å². The van der Waals surface area contributed by atoms with Gasteiger partial charge in [0, 0.05) is 37.1 Å². The van der Waals surface area contributed by atoms with Crippen molar-refractivity contribution in [3.8, 4) is 0 Å². The molecule has 0 radical (unpaired) electrons. The van der Waals surface area contributed by atoms with Crippen LogP contribution in [0.1, 0.15) is 42.0 Å². The lowest BCUT2D eigenvalue weighted by atomic mass is 10.0. The second-order valence-corrected chi connectivity index (χ2v) is 7.60. The number of amides is 2. The summed E-state index contributed by atoms with van der Waals surface area (Å²) in [5.41, 5.74) is 1.87. The van der Waals surface area contributed by atoms with Crippen molar-refractivity contribution >= 4 is 45.0 Å². The maximum Gasteiger partial charge on any atom is 0.276 e. The highest BCUT2D eigenvalue weighted by Gasteiger charge is 2.24. The van der Waals surface area contributed by atoms with E-state index < -0.39 is 0 Å². The number of aromatic nitrogens is 2. The molecule has 0 saturated heterocycles. The number of nitrogens with one attached hydrogen (secondary N) is 3. The SMILES string of the molecule is CC(=O)NCCN[C@H]1CCCn2nc(C(=O)Nc3cccc(Br)c3Cl)cc21. The molecule has 1 aromatic heterocycles. The van der Waals surface area contributed by atoms with E-state index in [9.17, 15) is 9.59 Å². The predicted molar refractivity (Wildman–Crippen MR) is 108 cm³/mol. The Morgan fingerprint density at radius 1 is 1.37 bits per heavy atom. The molecule has 144 valence electrons. The average molecular weight is 455 g/mol. The first-order valence-corrected chi connectivity index (χ1v) is 9.93. The molecular formula is C18H21BrClN5O2. The molecule has 0 fully saturated rings. The number of hydrogen-bond acceptors (Lipinski definition) is 4. The van der Waals surface area contributed by atoms with E-state index in [4.69, 9.17) is 11.6 Å². The van der Waals surface area contributed by atoms with Crippen molar-refractivity contribution in [2.75, 3.05) is 18.4 Å². The molecule has 0 unspecified atom stereocenters. The number of halogens is 2. The van der Waals surface area contributed by atoms with Gasteiger partial charge in [-0.05, 0) is 47.0 Å². The summed E-state index contributed by atoms with van der Waals surface area (Å²) in [6, 6.07) is 7.28. The van der Waals surface area contributed by atoms with Gasteiger partial charge in [-0.25, -0.2) is 0 Å². The molecular weight excluding hydrogens is 434 g/mol. The highest BCUT2D eigenvalue weighted by Crippen LogP contribution is 2.30. The van der Waals surface area contributed by atoms with E-state index in [1.807, 2.05) is 16.8 Å². The average Bonchev–Trinajstić information content (AvgIpc) is 3.07. The molecule has 1 aromatic carbocycles. The van der Waals surface area contributed by atoms with Crippen LogP contribution in [0.2, 0.25) is 5.02 Å². The monoisotopic (exact) mass is 453 g/mol. The third-order valence-corrected chi connectivity index (χ3v) is 5.65. The fourth-order valence-corrected chi connectivity index (χ4v) is 3.61. The van der Waals surface area contributed by atoms with Crippen LogP contribution in [0.25, 0.3) is 0 Å². The largest absolute Gasteiger partial charge is 0.355 e. The van der Waals surface area contributed by atoms with Crippen molar-refractivity contribution in [2.24, 2.45) is 0 Å². The molecule has 0 spiro atoms. The molecule has 27 heavy (non-hydrogen) atoms. The van der Waals surface area contributed by atoms with Gasteiger partial charge in [0.1, 0.15) is 0 Å². The molecule has 0 bridgehead atoms. The third kappa shape index (κ3) is 4.88. The molecule has 1 aliphatic heterocycles. The first kappa shape index (κ1) is 19.9. The maximum atomic E-state index is 12.6. The van der Waals surface area contributed by atoms with Gasteiger partial charge < -0.3 is 16.0 Å². The molecule has 3 rings (SSSR count). The maximum absolute atomic E-state index is 12.6.